The number of fused-ring (bicyclic) bond motifs is 2. The highest BCUT2D eigenvalue weighted by Gasteiger charge is 2.34. The van der Waals surface area contributed by atoms with Gasteiger partial charge in [0.25, 0.3) is 0 Å². The van der Waals surface area contributed by atoms with Gasteiger partial charge in [0.2, 0.25) is 12.7 Å². The Hall–Kier alpha value is -2.64. The van der Waals surface area contributed by atoms with Crippen molar-refractivity contribution in [3.05, 3.63) is 64.3 Å². The summed E-state index contributed by atoms with van der Waals surface area (Å²) in [5.74, 6) is 2.11. The Kier molecular flexibility index (Phi) is 4.44. The summed E-state index contributed by atoms with van der Waals surface area (Å²) < 4.78 is 12.8. The van der Waals surface area contributed by atoms with E-state index in [1.165, 1.54) is 0 Å². The Morgan fingerprint density at radius 2 is 1.93 bits per heavy atom. The molecule has 0 bridgehead atoms. The number of aryl methyl sites for hydroxylation is 1. The minimum Gasteiger partial charge on any atom is -0.454 e. The molecule has 3 aromatic rings. The summed E-state index contributed by atoms with van der Waals surface area (Å²) in [4.78, 5) is 12.7. The molecule has 29 heavy (non-hydrogen) atoms. The summed E-state index contributed by atoms with van der Waals surface area (Å²) in [6, 6.07) is 13.3. The molecule has 2 aliphatic rings. The molecule has 8 heteroatoms. The molecule has 2 aliphatic heterocycles. The SMILES string of the molecule is Cc1nn(-c2ccc(Cl)cc2)c2c1C(c1ccc3c(c1)OCO3)SC(C)C(=O)N2. The lowest BCUT2D eigenvalue weighted by molar-refractivity contribution is -0.115. The number of hydrogen-bond donors (Lipinski definition) is 1. The van der Waals surface area contributed by atoms with Crippen molar-refractivity contribution in [1.82, 2.24) is 9.78 Å². The van der Waals surface area contributed by atoms with Crippen LogP contribution in [0.15, 0.2) is 42.5 Å². The average Bonchev–Trinajstić information content (AvgIpc) is 3.27. The summed E-state index contributed by atoms with van der Waals surface area (Å²) in [7, 11) is 0. The van der Waals surface area contributed by atoms with Gasteiger partial charge in [-0.25, -0.2) is 4.68 Å². The van der Waals surface area contributed by atoms with E-state index in [9.17, 15) is 4.79 Å². The van der Waals surface area contributed by atoms with Gasteiger partial charge in [-0.1, -0.05) is 17.7 Å². The fourth-order valence-electron chi connectivity index (χ4n) is 3.62. The fourth-order valence-corrected chi connectivity index (χ4v) is 5.06. The lowest BCUT2D eigenvalue weighted by Crippen LogP contribution is -2.22. The number of rotatable bonds is 2. The molecule has 0 saturated carbocycles. The molecular formula is C21H18ClN3O3S. The lowest BCUT2D eigenvalue weighted by atomic mass is 10.0. The lowest BCUT2D eigenvalue weighted by Gasteiger charge is -2.17. The van der Waals surface area contributed by atoms with Gasteiger partial charge in [-0.3, -0.25) is 4.79 Å². The molecule has 2 aromatic carbocycles. The number of benzene rings is 2. The van der Waals surface area contributed by atoms with Gasteiger partial charge in [0.05, 0.1) is 21.9 Å². The van der Waals surface area contributed by atoms with Crippen LogP contribution in [0.25, 0.3) is 5.69 Å². The Balaban J connectivity index is 1.67. The van der Waals surface area contributed by atoms with Gasteiger partial charge in [0.15, 0.2) is 11.5 Å². The number of amides is 1. The second-order valence-electron chi connectivity index (χ2n) is 7.00. The van der Waals surface area contributed by atoms with Crippen molar-refractivity contribution in [2.24, 2.45) is 0 Å². The largest absolute Gasteiger partial charge is 0.454 e. The first-order chi connectivity index (χ1) is 14.0. The summed E-state index contributed by atoms with van der Waals surface area (Å²) in [6.45, 7) is 4.11. The number of hydrogen-bond acceptors (Lipinski definition) is 5. The number of carbonyl (C=O) groups is 1. The van der Waals surface area contributed by atoms with Crippen LogP contribution in [0.2, 0.25) is 5.02 Å². The second kappa shape index (κ2) is 7.00. The van der Waals surface area contributed by atoms with Crippen molar-refractivity contribution in [1.29, 1.82) is 0 Å². The molecule has 148 valence electrons. The third kappa shape index (κ3) is 3.14. The number of ether oxygens (including phenoxy) is 2. The summed E-state index contributed by atoms with van der Waals surface area (Å²) in [5.41, 5.74) is 3.73. The van der Waals surface area contributed by atoms with Crippen LogP contribution in [0.1, 0.15) is 29.0 Å². The Labute approximate surface area is 177 Å². The number of aromatic nitrogens is 2. The molecule has 0 spiro atoms. The number of nitrogens with one attached hydrogen (secondary N) is 1. The van der Waals surface area contributed by atoms with Crippen LogP contribution >= 0.6 is 23.4 Å². The van der Waals surface area contributed by atoms with Crippen LogP contribution < -0.4 is 14.8 Å². The quantitative estimate of drug-likeness (QED) is 0.640. The van der Waals surface area contributed by atoms with Crippen LogP contribution in [-0.2, 0) is 4.79 Å². The first kappa shape index (κ1) is 18.4. The van der Waals surface area contributed by atoms with Gasteiger partial charge >= 0.3 is 0 Å². The van der Waals surface area contributed by atoms with Gasteiger partial charge in [-0.05, 0) is 55.8 Å². The Morgan fingerprint density at radius 1 is 1.17 bits per heavy atom. The molecule has 6 nitrogen and oxygen atoms in total. The number of anilines is 1. The van der Waals surface area contributed by atoms with E-state index in [1.807, 2.05) is 56.3 Å². The zero-order valence-electron chi connectivity index (χ0n) is 15.8. The molecule has 0 saturated heterocycles. The maximum atomic E-state index is 12.7. The predicted octanol–water partition coefficient (Wildman–Crippen LogP) is 4.73. The molecule has 1 N–H and O–H groups in total. The molecule has 5 rings (SSSR count). The maximum Gasteiger partial charge on any atom is 0.238 e. The van der Waals surface area contributed by atoms with Gasteiger partial charge in [-0.15, -0.1) is 11.8 Å². The number of nitrogens with zero attached hydrogens (tertiary/aromatic N) is 2. The van der Waals surface area contributed by atoms with E-state index < -0.39 is 0 Å². The van der Waals surface area contributed by atoms with Gasteiger partial charge in [-0.2, -0.15) is 5.10 Å². The smallest absolute Gasteiger partial charge is 0.238 e. The molecular weight excluding hydrogens is 410 g/mol. The summed E-state index contributed by atoms with van der Waals surface area (Å²) in [5, 5.41) is 8.16. The minimum atomic E-state index is -0.226. The second-order valence-corrected chi connectivity index (χ2v) is 8.88. The van der Waals surface area contributed by atoms with Crippen LogP contribution in [-0.4, -0.2) is 27.7 Å². The Morgan fingerprint density at radius 3 is 2.72 bits per heavy atom. The molecule has 2 atom stereocenters. The standard InChI is InChI=1S/C21H18ClN3O3S/c1-11-18-19(13-3-8-16-17(9-13)28-10-27-16)29-12(2)21(26)23-20(18)25(24-11)15-6-4-14(22)5-7-15/h3-9,12,19H,10H2,1-2H3,(H,23,26). The number of carbonyl (C=O) groups excluding carboxylic acids is 1. The molecule has 2 unspecified atom stereocenters. The zero-order valence-corrected chi connectivity index (χ0v) is 17.4. The minimum absolute atomic E-state index is 0.0467. The highest BCUT2D eigenvalue weighted by Crippen LogP contribution is 2.48. The van der Waals surface area contributed by atoms with E-state index in [0.29, 0.717) is 10.8 Å². The molecule has 1 amide bonds. The van der Waals surface area contributed by atoms with E-state index in [2.05, 4.69) is 5.32 Å². The van der Waals surface area contributed by atoms with E-state index >= 15 is 0 Å². The van der Waals surface area contributed by atoms with E-state index in [4.69, 9.17) is 26.2 Å². The van der Waals surface area contributed by atoms with Gasteiger partial charge in [0.1, 0.15) is 5.82 Å². The third-order valence-corrected chi connectivity index (χ3v) is 6.74. The summed E-state index contributed by atoms with van der Waals surface area (Å²) in [6.07, 6.45) is 0. The third-order valence-electron chi connectivity index (χ3n) is 5.09. The van der Waals surface area contributed by atoms with Crippen molar-refractivity contribution in [3.8, 4) is 17.2 Å². The molecule has 0 radical (unpaired) electrons. The van der Waals surface area contributed by atoms with Crippen molar-refractivity contribution < 1.29 is 14.3 Å². The topological polar surface area (TPSA) is 65.4 Å². The van der Waals surface area contributed by atoms with E-state index in [1.54, 1.807) is 16.4 Å². The zero-order chi connectivity index (χ0) is 20.1. The first-order valence-corrected chi connectivity index (χ1v) is 10.5. The average molecular weight is 428 g/mol. The molecule has 1 aromatic heterocycles. The van der Waals surface area contributed by atoms with Crippen molar-refractivity contribution in [3.63, 3.8) is 0 Å². The van der Waals surface area contributed by atoms with Crippen LogP contribution in [0, 0.1) is 6.92 Å². The van der Waals surface area contributed by atoms with Crippen molar-refractivity contribution in [2.75, 3.05) is 12.1 Å². The van der Waals surface area contributed by atoms with E-state index in [0.717, 1.165) is 34.0 Å². The van der Waals surface area contributed by atoms with Crippen LogP contribution in [0.4, 0.5) is 5.82 Å². The van der Waals surface area contributed by atoms with Crippen LogP contribution in [0.3, 0.4) is 0 Å². The highest BCUT2D eigenvalue weighted by molar-refractivity contribution is 8.01. The van der Waals surface area contributed by atoms with Crippen molar-refractivity contribution >= 4 is 35.1 Å². The molecule has 3 heterocycles. The van der Waals surface area contributed by atoms with E-state index in [-0.39, 0.29) is 23.2 Å². The summed E-state index contributed by atoms with van der Waals surface area (Å²) >= 11 is 7.64. The predicted molar refractivity (Wildman–Crippen MR) is 113 cm³/mol. The maximum absolute atomic E-state index is 12.7. The highest BCUT2D eigenvalue weighted by atomic mass is 35.5. The normalized spacial score (nSPS) is 20.2. The van der Waals surface area contributed by atoms with Crippen molar-refractivity contribution in [2.45, 2.75) is 24.3 Å². The first-order valence-electron chi connectivity index (χ1n) is 9.22. The number of thioether (sulfide) groups is 1. The Bertz CT molecular complexity index is 1110. The van der Waals surface area contributed by atoms with Crippen LogP contribution in [0.5, 0.6) is 11.5 Å². The van der Waals surface area contributed by atoms with Gasteiger partial charge in [0, 0.05) is 10.6 Å². The molecule has 0 aliphatic carbocycles. The van der Waals surface area contributed by atoms with Gasteiger partial charge < -0.3 is 14.8 Å². The monoisotopic (exact) mass is 427 g/mol. The molecule has 0 fully saturated rings. The fraction of sp³-hybridized carbons (Fsp3) is 0.238. The number of halogens is 1.